The molecule has 0 spiro atoms. The first-order valence-corrected chi connectivity index (χ1v) is 7.99. The maximum atomic E-state index is 11.9. The summed E-state index contributed by atoms with van der Waals surface area (Å²) in [6.45, 7) is 0. The Bertz CT molecular complexity index is 685. The van der Waals surface area contributed by atoms with Crippen LogP contribution < -0.4 is 9.47 Å². The second-order valence-electron chi connectivity index (χ2n) is 4.62. The highest BCUT2D eigenvalue weighted by atomic mass is 32.2. The van der Waals surface area contributed by atoms with Gasteiger partial charge in [0.25, 0.3) is 0 Å². The van der Waals surface area contributed by atoms with Crippen molar-refractivity contribution in [3.63, 3.8) is 0 Å². The Kier molecular flexibility index (Phi) is 6.05. The van der Waals surface area contributed by atoms with Crippen LogP contribution in [0.1, 0.15) is 15.9 Å². The summed E-state index contributed by atoms with van der Waals surface area (Å²) in [7, 11) is 1.44. The molecule has 0 fully saturated rings. The van der Waals surface area contributed by atoms with E-state index in [1.807, 2.05) is 30.3 Å². The minimum atomic E-state index is -1.18. The number of carboxylic acids is 1. The second kappa shape index (κ2) is 8.24. The van der Waals surface area contributed by atoms with Crippen LogP contribution >= 0.6 is 11.8 Å². The van der Waals surface area contributed by atoms with Crippen LogP contribution in [0.15, 0.2) is 48.5 Å². The number of carbonyl (C=O) groups excluding carboxylic acids is 1. The van der Waals surface area contributed by atoms with Gasteiger partial charge in [-0.1, -0.05) is 30.3 Å². The Labute approximate surface area is 138 Å². The molecule has 0 aliphatic carbocycles. The summed E-state index contributed by atoms with van der Waals surface area (Å²) in [6.07, 6.45) is 0. The number of aromatic carboxylic acids is 1. The Morgan fingerprint density at radius 1 is 1.13 bits per heavy atom. The van der Waals surface area contributed by atoms with E-state index in [1.54, 1.807) is 6.07 Å². The van der Waals surface area contributed by atoms with Crippen LogP contribution in [0.3, 0.4) is 0 Å². The van der Waals surface area contributed by atoms with Crippen LogP contribution in [0.5, 0.6) is 11.5 Å². The molecule has 0 aromatic heterocycles. The van der Waals surface area contributed by atoms with Gasteiger partial charge >= 0.3 is 11.9 Å². The van der Waals surface area contributed by atoms with E-state index < -0.39 is 11.9 Å². The van der Waals surface area contributed by atoms with Gasteiger partial charge in [0.05, 0.1) is 12.9 Å². The average Bonchev–Trinajstić information content (AvgIpc) is 2.56. The van der Waals surface area contributed by atoms with E-state index in [1.165, 1.54) is 31.0 Å². The number of thioether (sulfide) groups is 1. The van der Waals surface area contributed by atoms with E-state index in [0.717, 1.165) is 5.56 Å². The first-order chi connectivity index (χ1) is 11.1. The Hall–Kier alpha value is -2.47. The maximum absolute atomic E-state index is 11.9. The number of carboxylic acid groups (broad SMARTS) is 1. The predicted molar refractivity (Wildman–Crippen MR) is 88.2 cm³/mol. The van der Waals surface area contributed by atoms with Crippen molar-refractivity contribution in [3.05, 3.63) is 59.7 Å². The van der Waals surface area contributed by atoms with E-state index in [4.69, 9.17) is 9.47 Å². The molecular formula is C17H16O5S. The normalized spacial score (nSPS) is 10.1. The van der Waals surface area contributed by atoms with Gasteiger partial charge in [0.2, 0.25) is 0 Å². The van der Waals surface area contributed by atoms with Crippen molar-refractivity contribution in [1.29, 1.82) is 0 Å². The fraction of sp³-hybridized carbons (Fsp3) is 0.176. The lowest BCUT2D eigenvalue weighted by molar-refractivity contribution is -0.131. The van der Waals surface area contributed by atoms with Crippen molar-refractivity contribution in [2.24, 2.45) is 0 Å². The Morgan fingerprint density at radius 3 is 2.52 bits per heavy atom. The maximum Gasteiger partial charge on any atom is 0.339 e. The number of benzene rings is 2. The molecule has 0 heterocycles. The molecule has 0 unspecified atom stereocenters. The SMILES string of the molecule is COc1ccc(OC(=O)CSCc2ccccc2)c(C(=O)O)c1. The molecule has 1 N–H and O–H groups in total. The van der Waals surface area contributed by atoms with Crippen LogP contribution in [0.2, 0.25) is 0 Å². The molecule has 2 rings (SSSR count). The molecule has 0 saturated carbocycles. The van der Waals surface area contributed by atoms with E-state index in [0.29, 0.717) is 11.5 Å². The number of hydrogen-bond donors (Lipinski definition) is 1. The van der Waals surface area contributed by atoms with E-state index >= 15 is 0 Å². The third kappa shape index (κ3) is 5.03. The molecule has 0 atom stereocenters. The van der Waals surface area contributed by atoms with Crippen molar-refractivity contribution in [3.8, 4) is 11.5 Å². The van der Waals surface area contributed by atoms with Crippen LogP contribution in [0.4, 0.5) is 0 Å². The van der Waals surface area contributed by atoms with E-state index in [-0.39, 0.29) is 17.1 Å². The molecule has 0 radical (unpaired) electrons. The molecule has 0 amide bonds. The van der Waals surface area contributed by atoms with E-state index in [9.17, 15) is 14.7 Å². The quantitative estimate of drug-likeness (QED) is 0.620. The van der Waals surface area contributed by atoms with Gasteiger partial charge in [0, 0.05) is 5.75 Å². The summed E-state index contributed by atoms with van der Waals surface area (Å²) in [5.74, 6) is -0.434. The molecule has 120 valence electrons. The number of ether oxygens (including phenoxy) is 2. The van der Waals surface area contributed by atoms with Crippen molar-refractivity contribution in [2.75, 3.05) is 12.9 Å². The molecule has 0 aliphatic rings. The summed E-state index contributed by atoms with van der Waals surface area (Å²) in [5.41, 5.74) is 1.01. The van der Waals surface area contributed by atoms with Gasteiger partial charge in [-0.05, 0) is 23.8 Å². The van der Waals surface area contributed by atoms with Gasteiger partial charge in [0.15, 0.2) is 0 Å². The summed E-state index contributed by atoms with van der Waals surface area (Å²) in [5, 5.41) is 9.17. The second-order valence-corrected chi connectivity index (χ2v) is 5.61. The summed E-state index contributed by atoms with van der Waals surface area (Å²) < 4.78 is 10.1. The van der Waals surface area contributed by atoms with Crippen LogP contribution in [0.25, 0.3) is 0 Å². The highest BCUT2D eigenvalue weighted by Gasteiger charge is 2.16. The van der Waals surface area contributed by atoms with Crippen molar-refractivity contribution < 1.29 is 24.2 Å². The zero-order valence-electron chi connectivity index (χ0n) is 12.5. The third-order valence-corrected chi connectivity index (χ3v) is 3.95. The highest BCUT2D eigenvalue weighted by Crippen LogP contribution is 2.25. The van der Waals surface area contributed by atoms with E-state index in [2.05, 4.69) is 0 Å². The Balaban J connectivity index is 1.93. The van der Waals surface area contributed by atoms with Crippen LogP contribution in [-0.2, 0) is 10.5 Å². The highest BCUT2D eigenvalue weighted by molar-refractivity contribution is 7.99. The first-order valence-electron chi connectivity index (χ1n) is 6.84. The van der Waals surface area contributed by atoms with Gasteiger partial charge in [-0.25, -0.2) is 4.79 Å². The molecule has 2 aromatic carbocycles. The van der Waals surface area contributed by atoms with Gasteiger partial charge in [0.1, 0.15) is 17.1 Å². The molecule has 5 nitrogen and oxygen atoms in total. The predicted octanol–water partition coefficient (Wildman–Crippen LogP) is 3.23. The monoisotopic (exact) mass is 332 g/mol. The molecule has 23 heavy (non-hydrogen) atoms. The average molecular weight is 332 g/mol. The number of rotatable bonds is 7. The standard InChI is InChI=1S/C17H16O5S/c1-21-13-7-8-15(14(9-13)17(19)20)22-16(18)11-23-10-12-5-3-2-4-6-12/h2-9H,10-11H2,1H3,(H,19,20). The minimum absolute atomic E-state index is 0.0172. The third-order valence-electron chi connectivity index (χ3n) is 2.97. The molecular weight excluding hydrogens is 316 g/mol. The summed E-state index contributed by atoms with van der Waals surface area (Å²) >= 11 is 1.41. The lowest BCUT2D eigenvalue weighted by Crippen LogP contribution is -2.13. The topological polar surface area (TPSA) is 72.8 Å². The largest absolute Gasteiger partial charge is 0.497 e. The zero-order valence-corrected chi connectivity index (χ0v) is 13.3. The summed E-state index contributed by atoms with van der Waals surface area (Å²) in [4.78, 5) is 23.1. The smallest absolute Gasteiger partial charge is 0.339 e. The van der Waals surface area contributed by atoms with Crippen LogP contribution in [-0.4, -0.2) is 29.9 Å². The minimum Gasteiger partial charge on any atom is -0.497 e. The van der Waals surface area contributed by atoms with Gasteiger partial charge in [-0.15, -0.1) is 11.8 Å². The zero-order chi connectivity index (χ0) is 16.7. The van der Waals surface area contributed by atoms with Crippen LogP contribution in [0, 0.1) is 0 Å². The fourth-order valence-electron chi connectivity index (χ4n) is 1.87. The molecule has 6 heteroatoms. The van der Waals surface area contributed by atoms with Gasteiger partial charge < -0.3 is 14.6 Å². The number of hydrogen-bond acceptors (Lipinski definition) is 5. The molecule has 0 bridgehead atoms. The fourth-order valence-corrected chi connectivity index (χ4v) is 2.63. The van der Waals surface area contributed by atoms with Crippen molar-refractivity contribution in [1.82, 2.24) is 0 Å². The van der Waals surface area contributed by atoms with Gasteiger partial charge in [-0.2, -0.15) is 0 Å². The van der Waals surface area contributed by atoms with Crippen molar-refractivity contribution in [2.45, 2.75) is 5.75 Å². The number of carbonyl (C=O) groups is 2. The van der Waals surface area contributed by atoms with Crippen molar-refractivity contribution >= 4 is 23.7 Å². The van der Waals surface area contributed by atoms with Gasteiger partial charge in [-0.3, -0.25) is 4.79 Å². The number of esters is 1. The lowest BCUT2D eigenvalue weighted by atomic mass is 10.2. The molecule has 2 aromatic rings. The first kappa shape index (κ1) is 16.9. The summed E-state index contributed by atoms with van der Waals surface area (Å²) in [6, 6.07) is 14.0. The lowest BCUT2D eigenvalue weighted by Gasteiger charge is -2.09. The molecule has 0 saturated heterocycles. The Morgan fingerprint density at radius 2 is 1.87 bits per heavy atom. The molecule has 0 aliphatic heterocycles. The number of methoxy groups -OCH3 is 1.